The molecule has 1 aromatic carbocycles. The minimum atomic E-state index is -3.98. The number of rotatable bonds is 5. The van der Waals surface area contributed by atoms with Crippen molar-refractivity contribution in [2.75, 3.05) is 43.0 Å². The van der Waals surface area contributed by atoms with E-state index in [1.807, 2.05) is 4.90 Å². The van der Waals surface area contributed by atoms with Gasteiger partial charge in [-0.05, 0) is 24.3 Å². The molecule has 1 saturated heterocycles. The van der Waals surface area contributed by atoms with Crippen molar-refractivity contribution in [3.63, 3.8) is 0 Å². The Morgan fingerprint density at radius 1 is 1.19 bits per heavy atom. The summed E-state index contributed by atoms with van der Waals surface area (Å²) in [5, 5.41) is 2.45. The molecule has 3 rings (SSSR count). The second-order valence-corrected chi connectivity index (χ2v) is 7.84. The van der Waals surface area contributed by atoms with Crippen LogP contribution in [0.3, 0.4) is 0 Å². The van der Waals surface area contributed by atoms with Crippen LogP contribution in [0.15, 0.2) is 35.4 Å². The summed E-state index contributed by atoms with van der Waals surface area (Å²) in [6.45, 7) is 2.27. The Hall–Kier alpha value is -2.59. The van der Waals surface area contributed by atoms with Gasteiger partial charge in [0, 0.05) is 39.1 Å². The zero-order chi connectivity index (χ0) is 19.6. The molecule has 0 atom stereocenters. The topological polar surface area (TPSA) is 92.7 Å². The maximum Gasteiger partial charge on any atom is 0.267 e. The molecule has 0 radical (unpaired) electrons. The minimum absolute atomic E-state index is 0.0826. The molecule has 10 heteroatoms. The fourth-order valence-electron chi connectivity index (χ4n) is 2.89. The number of morpholine rings is 1. The van der Waals surface area contributed by atoms with Crippen LogP contribution >= 0.6 is 0 Å². The van der Waals surface area contributed by atoms with Crippen LogP contribution in [0.25, 0.3) is 0 Å². The first-order chi connectivity index (χ1) is 12.8. The van der Waals surface area contributed by atoms with Gasteiger partial charge < -0.3 is 19.5 Å². The number of hydrogen-bond donors (Lipinski definition) is 2. The van der Waals surface area contributed by atoms with Gasteiger partial charge in [-0.15, -0.1) is 0 Å². The largest absolute Gasteiger partial charge is 0.378 e. The lowest BCUT2D eigenvalue weighted by atomic mass is 10.2. The van der Waals surface area contributed by atoms with Crippen molar-refractivity contribution < 1.29 is 22.3 Å². The highest BCUT2D eigenvalue weighted by atomic mass is 32.2. The molecule has 1 aliphatic rings. The van der Waals surface area contributed by atoms with Crippen LogP contribution in [0.5, 0.6) is 0 Å². The summed E-state index contributed by atoms with van der Waals surface area (Å²) in [5.74, 6) is -0.949. The number of nitrogens with one attached hydrogen (secondary N) is 2. The summed E-state index contributed by atoms with van der Waals surface area (Å²) in [6, 6.07) is 5.32. The summed E-state index contributed by atoms with van der Waals surface area (Å²) >= 11 is 0. The zero-order valence-electron chi connectivity index (χ0n) is 15.0. The first-order valence-electron chi connectivity index (χ1n) is 8.35. The van der Waals surface area contributed by atoms with Gasteiger partial charge in [0.1, 0.15) is 16.4 Å². The quantitative estimate of drug-likeness (QED) is 0.791. The van der Waals surface area contributed by atoms with E-state index in [1.54, 1.807) is 13.1 Å². The minimum Gasteiger partial charge on any atom is -0.378 e. The predicted octanol–water partition coefficient (Wildman–Crippen LogP) is 1.16. The first kappa shape index (κ1) is 19.2. The Kier molecular flexibility index (Phi) is 5.38. The van der Waals surface area contributed by atoms with E-state index in [-0.39, 0.29) is 16.3 Å². The van der Waals surface area contributed by atoms with Crippen LogP contribution in [-0.2, 0) is 21.8 Å². The van der Waals surface area contributed by atoms with Crippen molar-refractivity contribution in [2.24, 2.45) is 7.05 Å². The number of anilines is 2. The summed E-state index contributed by atoms with van der Waals surface area (Å²) in [6.07, 6.45) is 1.33. The number of aryl methyl sites for hydroxylation is 1. The lowest BCUT2D eigenvalue weighted by Gasteiger charge is -2.29. The van der Waals surface area contributed by atoms with Crippen molar-refractivity contribution in [3.8, 4) is 0 Å². The molecule has 146 valence electrons. The third kappa shape index (κ3) is 4.22. The van der Waals surface area contributed by atoms with Crippen LogP contribution in [0, 0.1) is 5.82 Å². The molecule has 2 aromatic rings. The molecule has 1 fully saturated rings. The van der Waals surface area contributed by atoms with Gasteiger partial charge in [-0.25, -0.2) is 12.8 Å². The second-order valence-electron chi connectivity index (χ2n) is 6.15. The molecule has 0 spiro atoms. The van der Waals surface area contributed by atoms with Crippen LogP contribution in [-0.4, -0.2) is 52.2 Å². The summed E-state index contributed by atoms with van der Waals surface area (Å²) < 4.78 is 48.4. The Bertz CT molecular complexity index is 952. The van der Waals surface area contributed by atoms with Gasteiger partial charge in [0.05, 0.1) is 18.9 Å². The van der Waals surface area contributed by atoms with E-state index in [0.29, 0.717) is 32.0 Å². The average Bonchev–Trinajstić information content (AvgIpc) is 3.03. The monoisotopic (exact) mass is 396 g/mol. The molecule has 1 aliphatic heterocycles. The van der Waals surface area contributed by atoms with E-state index in [1.165, 1.54) is 29.9 Å². The SMILES string of the molecule is CNC(=O)c1cc(S(=O)(=O)Nc2cc(F)cc(N3CCOCC3)c2)cn1C. The van der Waals surface area contributed by atoms with E-state index in [2.05, 4.69) is 10.0 Å². The number of hydrogen-bond acceptors (Lipinski definition) is 5. The maximum absolute atomic E-state index is 14.0. The second kappa shape index (κ2) is 7.57. The van der Waals surface area contributed by atoms with E-state index < -0.39 is 21.7 Å². The van der Waals surface area contributed by atoms with Crippen molar-refractivity contribution in [2.45, 2.75) is 4.90 Å². The number of benzene rings is 1. The lowest BCUT2D eigenvalue weighted by molar-refractivity contribution is 0.0955. The Balaban J connectivity index is 1.87. The molecule has 27 heavy (non-hydrogen) atoms. The molecule has 8 nitrogen and oxygen atoms in total. The number of halogens is 1. The summed E-state index contributed by atoms with van der Waals surface area (Å²) in [5.41, 5.74) is 0.892. The van der Waals surface area contributed by atoms with Crippen LogP contribution in [0.4, 0.5) is 15.8 Å². The zero-order valence-corrected chi connectivity index (χ0v) is 15.8. The van der Waals surface area contributed by atoms with Crippen molar-refractivity contribution >= 4 is 27.3 Å². The molecule has 1 aromatic heterocycles. The van der Waals surface area contributed by atoms with Crippen LogP contribution in [0.2, 0.25) is 0 Å². The molecule has 0 saturated carbocycles. The lowest BCUT2D eigenvalue weighted by Crippen LogP contribution is -2.36. The van der Waals surface area contributed by atoms with E-state index in [9.17, 15) is 17.6 Å². The molecule has 0 aliphatic carbocycles. The number of carbonyl (C=O) groups is 1. The normalized spacial score (nSPS) is 14.9. The van der Waals surface area contributed by atoms with Crippen molar-refractivity contribution in [3.05, 3.63) is 42.0 Å². The molecule has 0 bridgehead atoms. The fourth-order valence-corrected chi connectivity index (χ4v) is 4.00. The van der Waals surface area contributed by atoms with Crippen LogP contribution in [0.1, 0.15) is 10.5 Å². The molecule has 2 heterocycles. The predicted molar refractivity (Wildman–Crippen MR) is 99.0 cm³/mol. The summed E-state index contributed by atoms with van der Waals surface area (Å²) in [4.78, 5) is 13.6. The van der Waals surface area contributed by atoms with Gasteiger partial charge in [-0.1, -0.05) is 0 Å². The highest BCUT2D eigenvalue weighted by Gasteiger charge is 2.21. The first-order valence-corrected chi connectivity index (χ1v) is 9.83. The third-order valence-electron chi connectivity index (χ3n) is 4.26. The number of aromatic nitrogens is 1. The molecular formula is C17H21FN4O4S. The molecular weight excluding hydrogens is 375 g/mol. The Morgan fingerprint density at radius 2 is 1.89 bits per heavy atom. The molecule has 0 unspecified atom stereocenters. The van der Waals surface area contributed by atoms with Crippen LogP contribution < -0.4 is 14.9 Å². The van der Waals surface area contributed by atoms with Gasteiger partial charge >= 0.3 is 0 Å². The average molecular weight is 396 g/mol. The van der Waals surface area contributed by atoms with E-state index >= 15 is 0 Å². The Labute approximate surface area is 157 Å². The van der Waals surface area contributed by atoms with Gasteiger partial charge in [-0.2, -0.15) is 0 Å². The standard InChI is InChI=1S/C17H21FN4O4S/c1-19-17(23)16-10-15(11-21(16)2)27(24,25)20-13-7-12(18)8-14(9-13)22-3-5-26-6-4-22/h7-11,20H,3-6H2,1-2H3,(H,19,23). The summed E-state index contributed by atoms with van der Waals surface area (Å²) in [7, 11) is -0.950. The van der Waals surface area contributed by atoms with Gasteiger partial charge in [-0.3, -0.25) is 9.52 Å². The smallest absolute Gasteiger partial charge is 0.267 e. The maximum atomic E-state index is 14.0. The highest BCUT2D eigenvalue weighted by molar-refractivity contribution is 7.92. The number of carbonyl (C=O) groups excluding carboxylic acids is 1. The van der Waals surface area contributed by atoms with Gasteiger partial charge in [0.25, 0.3) is 15.9 Å². The Morgan fingerprint density at radius 3 is 2.56 bits per heavy atom. The highest BCUT2D eigenvalue weighted by Crippen LogP contribution is 2.25. The van der Waals surface area contributed by atoms with Crippen molar-refractivity contribution in [1.82, 2.24) is 9.88 Å². The van der Waals surface area contributed by atoms with Gasteiger partial charge in [0.15, 0.2) is 0 Å². The number of sulfonamides is 1. The van der Waals surface area contributed by atoms with Gasteiger partial charge in [0.2, 0.25) is 0 Å². The molecule has 2 N–H and O–H groups in total. The number of amides is 1. The van der Waals surface area contributed by atoms with E-state index in [4.69, 9.17) is 4.74 Å². The molecule has 1 amide bonds. The number of ether oxygens (including phenoxy) is 1. The van der Waals surface area contributed by atoms with Crippen molar-refractivity contribution in [1.29, 1.82) is 0 Å². The van der Waals surface area contributed by atoms with E-state index in [0.717, 1.165) is 6.07 Å². The number of nitrogens with zero attached hydrogens (tertiary/aromatic N) is 2. The fraction of sp³-hybridized carbons (Fsp3) is 0.353. The third-order valence-corrected chi connectivity index (χ3v) is 5.61.